The molecule has 2 aliphatic rings. The van der Waals surface area contributed by atoms with Crippen LogP contribution in [-0.2, 0) is 11.3 Å². The molecule has 0 bridgehead atoms. The van der Waals surface area contributed by atoms with Gasteiger partial charge >= 0.3 is 0 Å². The Morgan fingerprint density at radius 2 is 2.00 bits per heavy atom. The Morgan fingerprint density at radius 1 is 1.20 bits per heavy atom. The number of halogens is 1. The maximum absolute atomic E-state index is 6.19. The van der Waals surface area contributed by atoms with E-state index in [-0.39, 0.29) is 0 Å². The number of hydrogen-bond acceptors (Lipinski definition) is 5. The molecule has 1 aromatic carbocycles. The standard InChI is InChI=1S/C14H19ClN4O/c15-14-4-2-1-3-13(14)9-18-10-16-19(12-18)11-17-5-7-20-8-6-17/h1-4,10H,5-9,11-12H2. The molecule has 1 saturated heterocycles. The Bertz CT molecular complexity index is 476. The lowest BCUT2D eigenvalue weighted by Gasteiger charge is -2.30. The van der Waals surface area contributed by atoms with Crippen molar-refractivity contribution in [3.8, 4) is 0 Å². The molecule has 0 saturated carbocycles. The molecule has 2 aliphatic heterocycles. The molecule has 0 atom stereocenters. The molecular weight excluding hydrogens is 276 g/mol. The summed E-state index contributed by atoms with van der Waals surface area (Å²) in [6.07, 6.45) is 1.89. The lowest BCUT2D eigenvalue weighted by Crippen LogP contribution is -2.43. The Morgan fingerprint density at radius 3 is 2.80 bits per heavy atom. The molecule has 6 heteroatoms. The predicted octanol–water partition coefficient (Wildman–Crippen LogP) is 1.65. The second kappa shape index (κ2) is 6.43. The Kier molecular flexibility index (Phi) is 4.40. The van der Waals surface area contributed by atoms with Crippen molar-refractivity contribution in [2.45, 2.75) is 6.54 Å². The first-order chi connectivity index (χ1) is 9.81. The molecule has 3 rings (SSSR count). The van der Waals surface area contributed by atoms with Gasteiger partial charge in [0, 0.05) is 24.7 Å². The van der Waals surface area contributed by atoms with Crippen molar-refractivity contribution in [3.63, 3.8) is 0 Å². The predicted molar refractivity (Wildman–Crippen MR) is 79.5 cm³/mol. The molecule has 108 valence electrons. The van der Waals surface area contributed by atoms with E-state index < -0.39 is 0 Å². The molecule has 1 aromatic rings. The molecule has 2 heterocycles. The van der Waals surface area contributed by atoms with Gasteiger partial charge in [0.1, 0.15) is 13.0 Å². The lowest BCUT2D eigenvalue weighted by atomic mass is 10.2. The Labute approximate surface area is 124 Å². The molecule has 0 unspecified atom stereocenters. The van der Waals surface area contributed by atoms with Crippen molar-refractivity contribution in [2.24, 2.45) is 5.10 Å². The number of hydrogen-bond donors (Lipinski definition) is 0. The van der Waals surface area contributed by atoms with E-state index in [1.807, 2.05) is 24.5 Å². The molecule has 0 radical (unpaired) electrons. The number of rotatable bonds is 4. The van der Waals surface area contributed by atoms with E-state index in [9.17, 15) is 0 Å². The van der Waals surface area contributed by atoms with Crippen LogP contribution >= 0.6 is 11.6 Å². The number of morpholine rings is 1. The topological polar surface area (TPSA) is 31.3 Å². The zero-order valence-electron chi connectivity index (χ0n) is 11.4. The zero-order valence-corrected chi connectivity index (χ0v) is 12.2. The van der Waals surface area contributed by atoms with Gasteiger partial charge in [-0.05, 0) is 11.6 Å². The van der Waals surface area contributed by atoms with Gasteiger partial charge < -0.3 is 9.64 Å². The van der Waals surface area contributed by atoms with Gasteiger partial charge in [-0.2, -0.15) is 5.10 Å². The Hall–Kier alpha value is -1.30. The maximum Gasteiger partial charge on any atom is 0.113 e. The quantitative estimate of drug-likeness (QED) is 0.845. The highest BCUT2D eigenvalue weighted by atomic mass is 35.5. The maximum atomic E-state index is 6.19. The molecule has 1 fully saturated rings. The van der Waals surface area contributed by atoms with Crippen LogP contribution < -0.4 is 0 Å². The average Bonchev–Trinajstić information content (AvgIpc) is 2.90. The third-order valence-electron chi connectivity index (χ3n) is 3.52. The van der Waals surface area contributed by atoms with Gasteiger partial charge in [-0.1, -0.05) is 29.8 Å². The summed E-state index contributed by atoms with van der Waals surface area (Å²) >= 11 is 6.19. The van der Waals surface area contributed by atoms with Crippen molar-refractivity contribution in [1.29, 1.82) is 0 Å². The highest BCUT2D eigenvalue weighted by molar-refractivity contribution is 6.31. The molecular formula is C14H19ClN4O. The van der Waals surface area contributed by atoms with Crippen LogP contribution in [0, 0.1) is 0 Å². The number of ether oxygens (including phenoxy) is 1. The molecule has 20 heavy (non-hydrogen) atoms. The summed E-state index contributed by atoms with van der Waals surface area (Å²) in [4.78, 5) is 4.53. The number of hydrazone groups is 1. The molecule has 0 N–H and O–H groups in total. The van der Waals surface area contributed by atoms with Crippen LogP contribution in [0.5, 0.6) is 0 Å². The van der Waals surface area contributed by atoms with E-state index in [1.165, 1.54) is 0 Å². The summed E-state index contributed by atoms with van der Waals surface area (Å²) in [5, 5.41) is 7.33. The van der Waals surface area contributed by atoms with Gasteiger partial charge in [-0.15, -0.1) is 0 Å². The summed E-state index contributed by atoms with van der Waals surface area (Å²) < 4.78 is 5.35. The fraction of sp³-hybridized carbons (Fsp3) is 0.500. The first-order valence-corrected chi connectivity index (χ1v) is 7.26. The minimum absolute atomic E-state index is 0.794. The van der Waals surface area contributed by atoms with Crippen molar-refractivity contribution >= 4 is 17.9 Å². The van der Waals surface area contributed by atoms with Crippen LogP contribution in [0.4, 0.5) is 0 Å². The monoisotopic (exact) mass is 294 g/mol. The van der Waals surface area contributed by atoms with E-state index in [2.05, 4.69) is 26.0 Å². The summed E-state index contributed by atoms with van der Waals surface area (Å²) in [6.45, 7) is 6.07. The summed E-state index contributed by atoms with van der Waals surface area (Å²) in [5.74, 6) is 0. The van der Waals surface area contributed by atoms with E-state index in [0.29, 0.717) is 0 Å². The summed E-state index contributed by atoms with van der Waals surface area (Å²) in [5.41, 5.74) is 1.13. The van der Waals surface area contributed by atoms with Gasteiger partial charge in [-0.3, -0.25) is 9.91 Å². The zero-order chi connectivity index (χ0) is 13.8. The third kappa shape index (κ3) is 3.42. The summed E-state index contributed by atoms with van der Waals surface area (Å²) in [7, 11) is 0. The lowest BCUT2D eigenvalue weighted by molar-refractivity contribution is 0.00762. The van der Waals surface area contributed by atoms with Crippen LogP contribution in [0.2, 0.25) is 5.02 Å². The average molecular weight is 295 g/mol. The van der Waals surface area contributed by atoms with E-state index in [0.717, 1.165) is 56.8 Å². The number of nitrogens with zero attached hydrogens (tertiary/aromatic N) is 4. The second-order valence-corrected chi connectivity index (χ2v) is 5.50. The van der Waals surface area contributed by atoms with Gasteiger partial charge in [0.25, 0.3) is 0 Å². The van der Waals surface area contributed by atoms with Crippen molar-refractivity contribution in [1.82, 2.24) is 14.8 Å². The van der Waals surface area contributed by atoms with Gasteiger partial charge in [0.2, 0.25) is 0 Å². The minimum atomic E-state index is 0.794. The number of benzene rings is 1. The van der Waals surface area contributed by atoms with Crippen LogP contribution in [-0.4, -0.2) is 60.8 Å². The van der Waals surface area contributed by atoms with Crippen molar-refractivity contribution in [2.75, 3.05) is 39.6 Å². The van der Waals surface area contributed by atoms with Crippen LogP contribution in [0.1, 0.15) is 5.56 Å². The van der Waals surface area contributed by atoms with Gasteiger partial charge in [0.15, 0.2) is 0 Å². The van der Waals surface area contributed by atoms with E-state index >= 15 is 0 Å². The molecule has 5 nitrogen and oxygen atoms in total. The van der Waals surface area contributed by atoms with Crippen LogP contribution in [0.25, 0.3) is 0 Å². The van der Waals surface area contributed by atoms with Crippen LogP contribution in [0.15, 0.2) is 29.4 Å². The first-order valence-electron chi connectivity index (χ1n) is 6.88. The summed E-state index contributed by atoms with van der Waals surface area (Å²) in [6, 6.07) is 7.95. The normalized spacial score (nSPS) is 19.9. The molecule has 0 spiro atoms. The van der Waals surface area contributed by atoms with Gasteiger partial charge in [-0.25, -0.2) is 0 Å². The largest absolute Gasteiger partial charge is 0.379 e. The fourth-order valence-corrected chi connectivity index (χ4v) is 2.62. The molecule has 0 aromatic heterocycles. The van der Waals surface area contributed by atoms with Crippen molar-refractivity contribution < 1.29 is 4.74 Å². The third-order valence-corrected chi connectivity index (χ3v) is 3.89. The van der Waals surface area contributed by atoms with Gasteiger partial charge in [0.05, 0.1) is 19.9 Å². The van der Waals surface area contributed by atoms with E-state index in [4.69, 9.17) is 16.3 Å². The molecule has 0 amide bonds. The van der Waals surface area contributed by atoms with Crippen LogP contribution in [0.3, 0.4) is 0 Å². The molecule has 0 aliphatic carbocycles. The van der Waals surface area contributed by atoms with E-state index in [1.54, 1.807) is 0 Å². The Balaban J connectivity index is 1.50. The van der Waals surface area contributed by atoms with Crippen molar-refractivity contribution in [3.05, 3.63) is 34.9 Å². The smallest absolute Gasteiger partial charge is 0.113 e. The minimum Gasteiger partial charge on any atom is -0.379 e. The SMILES string of the molecule is Clc1ccccc1CN1C=NN(CN2CCOCC2)C1. The highest BCUT2D eigenvalue weighted by Gasteiger charge is 2.18. The second-order valence-electron chi connectivity index (χ2n) is 5.09. The first kappa shape index (κ1) is 13.7. The fourth-order valence-electron chi connectivity index (χ4n) is 2.42. The highest BCUT2D eigenvalue weighted by Crippen LogP contribution is 2.18.